The van der Waals surface area contributed by atoms with Gasteiger partial charge in [0.15, 0.2) is 0 Å². The standard InChI is InChI=1S/C18H23N3O2/c1-2-9-21-11-8-19-17(21)13-20-10-7-16(12-20)14-3-5-15(6-4-14)18(22)23/h3-6,8,11,16H,2,7,9-10,12-13H2,1H3,(H,22,23)/t16-/m1/s1. The van der Waals surface area contributed by atoms with Gasteiger partial charge in [-0.15, -0.1) is 0 Å². The molecule has 0 saturated carbocycles. The monoisotopic (exact) mass is 313 g/mol. The van der Waals surface area contributed by atoms with Crippen LogP contribution in [0.2, 0.25) is 0 Å². The number of aromatic carboxylic acids is 1. The first-order valence-electron chi connectivity index (χ1n) is 8.23. The molecule has 0 radical (unpaired) electrons. The Labute approximate surface area is 136 Å². The average Bonchev–Trinajstić information content (AvgIpc) is 3.18. The van der Waals surface area contributed by atoms with Crippen LogP contribution >= 0.6 is 0 Å². The molecule has 1 N–H and O–H groups in total. The van der Waals surface area contributed by atoms with Crippen LogP contribution in [0.5, 0.6) is 0 Å². The first-order valence-corrected chi connectivity index (χ1v) is 8.23. The van der Waals surface area contributed by atoms with Crippen LogP contribution in [-0.4, -0.2) is 38.6 Å². The number of aryl methyl sites for hydroxylation is 1. The summed E-state index contributed by atoms with van der Waals surface area (Å²) in [5.41, 5.74) is 1.58. The van der Waals surface area contributed by atoms with Gasteiger partial charge in [-0.1, -0.05) is 19.1 Å². The van der Waals surface area contributed by atoms with Crippen LogP contribution in [0.3, 0.4) is 0 Å². The number of imidazole rings is 1. The van der Waals surface area contributed by atoms with E-state index in [1.165, 1.54) is 5.56 Å². The predicted molar refractivity (Wildman–Crippen MR) is 88.6 cm³/mol. The molecule has 0 amide bonds. The highest BCUT2D eigenvalue weighted by Crippen LogP contribution is 2.28. The average molecular weight is 313 g/mol. The van der Waals surface area contributed by atoms with Gasteiger partial charge in [0.2, 0.25) is 0 Å². The molecule has 3 rings (SSSR count). The molecule has 5 nitrogen and oxygen atoms in total. The largest absolute Gasteiger partial charge is 0.478 e. The summed E-state index contributed by atoms with van der Waals surface area (Å²) >= 11 is 0. The second-order valence-corrected chi connectivity index (χ2v) is 6.18. The van der Waals surface area contributed by atoms with Crippen LogP contribution in [0.15, 0.2) is 36.7 Å². The van der Waals surface area contributed by atoms with E-state index in [2.05, 4.69) is 27.6 Å². The van der Waals surface area contributed by atoms with Gasteiger partial charge in [0.25, 0.3) is 0 Å². The summed E-state index contributed by atoms with van der Waals surface area (Å²) in [6.45, 7) is 6.14. The van der Waals surface area contributed by atoms with Crippen molar-refractivity contribution >= 4 is 5.97 Å². The maximum absolute atomic E-state index is 10.9. The number of nitrogens with zero attached hydrogens (tertiary/aromatic N) is 3. The van der Waals surface area contributed by atoms with Crippen molar-refractivity contribution in [2.24, 2.45) is 0 Å². The van der Waals surface area contributed by atoms with Crippen LogP contribution in [0.25, 0.3) is 0 Å². The molecule has 1 atom stereocenters. The molecule has 1 aliphatic heterocycles. The van der Waals surface area contributed by atoms with E-state index in [4.69, 9.17) is 5.11 Å². The van der Waals surface area contributed by atoms with Gasteiger partial charge in [-0.3, -0.25) is 4.90 Å². The van der Waals surface area contributed by atoms with Crippen LogP contribution in [0.1, 0.15) is 47.4 Å². The van der Waals surface area contributed by atoms with Crippen LogP contribution in [-0.2, 0) is 13.1 Å². The van der Waals surface area contributed by atoms with E-state index >= 15 is 0 Å². The summed E-state index contributed by atoms with van der Waals surface area (Å²) in [6, 6.07) is 7.31. The second-order valence-electron chi connectivity index (χ2n) is 6.18. The summed E-state index contributed by atoms with van der Waals surface area (Å²) in [5, 5.41) is 8.98. The van der Waals surface area contributed by atoms with Crippen molar-refractivity contribution in [1.29, 1.82) is 0 Å². The maximum atomic E-state index is 10.9. The van der Waals surface area contributed by atoms with Crippen molar-refractivity contribution in [2.75, 3.05) is 13.1 Å². The Kier molecular flexibility index (Phi) is 4.76. The molecule has 5 heteroatoms. The fraction of sp³-hybridized carbons (Fsp3) is 0.444. The fourth-order valence-corrected chi connectivity index (χ4v) is 3.28. The molecule has 1 fully saturated rings. The highest BCUT2D eigenvalue weighted by Gasteiger charge is 2.24. The van der Waals surface area contributed by atoms with Gasteiger partial charge in [0.1, 0.15) is 5.82 Å². The molecule has 2 aromatic rings. The Balaban J connectivity index is 1.61. The maximum Gasteiger partial charge on any atom is 0.335 e. The van der Waals surface area contributed by atoms with Crippen LogP contribution in [0.4, 0.5) is 0 Å². The molecule has 1 aromatic carbocycles. The first kappa shape index (κ1) is 15.7. The third-order valence-electron chi connectivity index (χ3n) is 4.53. The lowest BCUT2D eigenvalue weighted by Crippen LogP contribution is -2.22. The van der Waals surface area contributed by atoms with Gasteiger partial charge < -0.3 is 9.67 Å². The van der Waals surface area contributed by atoms with E-state index in [9.17, 15) is 4.79 Å². The van der Waals surface area contributed by atoms with Crippen LogP contribution < -0.4 is 0 Å². The normalized spacial score (nSPS) is 18.4. The molecule has 0 bridgehead atoms. The van der Waals surface area contributed by atoms with Gasteiger partial charge in [-0.2, -0.15) is 0 Å². The quantitative estimate of drug-likeness (QED) is 0.890. The summed E-state index contributed by atoms with van der Waals surface area (Å²) < 4.78 is 2.23. The van der Waals surface area contributed by atoms with Gasteiger partial charge in [-0.25, -0.2) is 9.78 Å². The van der Waals surface area contributed by atoms with Gasteiger partial charge in [-0.05, 0) is 43.0 Å². The van der Waals surface area contributed by atoms with Crippen molar-refractivity contribution in [2.45, 2.75) is 38.8 Å². The Hall–Kier alpha value is -2.14. The molecule has 0 spiro atoms. The molecule has 1 aliphatic rings. The van der Waals surface area contributed by atoms with Gasteiger partial charge in [0, 0.05) is 25.5 Å². The third-order valence-corrected chi connectivity index (χ3v) is 4.53. The van der Waals surface area contributed by atoms with Crippen molar-refractivity contribution < 1.29 is 9.90 Å². The van der Waals surface area contributed by atoms with Crippen molar-refractivity contribution in [3.63, 3.8) is 0 Å². The van der Waals surface area contributed by atoms with E-state index in [1.807, 2.05) is 18.3 Å². The van der Waals surface area contributed by atoms with E-state index in [1.54, 1.807) is 12.1 Å². The number of carbonyl (C=O) groups is 1. The highest BCUT2D eigenvalue weighted by atomic mass is 16.4. The fourth-order valence-electron chi connectivity index (χ4n) is 3.28. The number of rotatable bonds is 6. The molecular formula is C18H23N3O2. The van der Waals surface area contributed by atoms with Crippen LogP contribution in [0, 0.1) is 0 Å². The molecular weight excluding hydrogens is 290 g/mol. The molecule has 1 aromatic heterocycles. The number of likely N-dealkylation sites (tertiary alicyclic amines) is 1. The molecule has 0 unspecified atom stereocenters. The van der Waals surface area contributed by atoms with Crippen molar-refractivity contribution in [3.8, 4) is 0 Å². The van der Waals surface area contributed by atoms with Gasteiger partial charge in [0.05, 0.1) is 12.1 Å². The van der Waals surface area contributed by atoms with E-state index < -0.39 is 5.97 Å². The number of benzene rings is 1. The molecule has 1 saturated heterocycles. The van der Waals surface area contributed by atoms with E-state index in [0.717, 1.165) is 44.8 Å². The Morgan fingerprint density at radius 1 is 1.35 bits per heavy atom. The summed E-state index contributed by atoms with van der Waals surface area (Å²) in [5.74, 6) is 0.744. The Morgan fingerprint density at radius 3 is 2.83 bits per heavy atom. The predicted octanol–water partition coefficient (Wildman–Crippen LogP) is 2.98. The molecule has 2 heterocycles. The number of aromatic nitrogens is 2. The molecule has 122 valence electrons. The minimum atomic E-state index is -0.868. The number of hydrogen-bond acceptors (Lipinski definition) is 3. The van der Waals surface area contributed by atoms with E-state index in [-0.39, 0.29) is 0 Å². The summed E-state index contributed by atoms with van der Waals surface area (Å²) in [6.07, 6.45) is 6.16. The lowest BCUT2D eigenvalue weighted by Gasteiger charge is -2.17. The Bertz CT molecular complexity index is 663. The molecule has 23 heavy (non-hydrogen) atoms. The topological polar surface area (TPSA) is 58.4 Å². The SMILES string of the molecule is CCCn1ccnc1CN1CC[C@@H](c2ccc(C(=O)O)cc2)C1. The number of hydrogen-bond donors (Lipinski definition) is 1. The number of carboxylic acids is 1. The highest BCUT2D eigenvalue weighted by molar-refractivity contribution is 5.87. The van der Waals surface area contributed by atoms with Crippen molar-refractivity contribution in [3.05, 3.63) is 53.6 Å². The summed E-state index contributed by atoms with van der Waals surface area (Å²) in [7, 11) is 0. The lowest BCUT2D eigenvalue weighted by atomic mass is 9.97. The second kappa shape index (κ2) is 6.96. The van der Waals surface area contributed by atoms with E-state index in [0.29, 0.717) is 11.5 Å². The lowest BCUT2D eigenvalue weighted by molar-refractivity contribution is 0.0697. The zero-order chi connectivity index (χ0) is 16.2. The Morgan fingerprint density at radius 2 is 2.13 bits per heavy atom. The first-order chi connectivity index (χ1) is 11.2. The summed E-state index contributed by atoms with van der Waals surface area (Å²) in [4.78, 5) is 17.8. The third kappa shape index (κ3) is 3.62. The van der Waals surface area contributed by atoms with Crippen molar-refractivity contribution in [1.82, 2.24) is 14.5 Å². The van der Waals surface area contributed by atoms with Gasteiger partial charge >= 0.3 is 5.97 Å². The minimum Gasteiger partial charge on any atom is -0.478 e. The zero-order valence-electron chi connectivity index (χ0n) is 13.5. The molecule has 0 aliphatic carbocycles. The zero-order valence-corrected chi connectivity index (χ0v) is 13.5. The number of carboxylic acid groups (broad SMARTS) is 1. The smallest absolute Gasteiger partial charge is 0.335 e. The minimum absolute atomic E-state index is 0.352.